The van der Waals surface area contributed by atoms with Crippen molar-refractivity contribution in [2.24, 2.45) is 0 Å². The Morgan fingerprint density at radius 1 is 1.00 bits per heavy atom. The van der Waals surface area contributed by atoms with Crippen LogP contribution in [0.4, 0.5) is 11.4 Å². The number of carbonyl (C=O) groups excluding carboxylic acids is 1. The minimum absolute atomic E-state index is 0.0154. The third-order valence-electron chi connectivity index (χ3n) is 6.07. The first kappa shape index (κ1) is 24.8. The molecule has 0 saturated carbocycles. The minimum Gasteiger partial charge on any atom is -0.321 e. The maximum Gasteiger partial charge on any atom is 0.270 e. The van der Waals surface area contributed by atoms with E-state index in [0.717, 1.165) is 11.1 Å². The third kappa shape index (κ3) is 4.51. The van der Waals surface area contributed by atoms with E-state index in [-0.39, 0.29) is 11.4 Å². The SMILES string of the molecule is C=CCN1c2ccc(Cl)cc2C(c2ccccc2)=C(C(=O)Nc2c(CC)cccc2CC)S1(=O)=O. The third-order valence-corrected chi connectivity index (χ3v) is 8.14. The molecule has 0 saturated heterocycles. The Hall–Kier alpha value is -3.35. The van der Waals surface area contributed by atoms with Crippen LogP contribution in [-0.2, 0) is 27.7 Å². The van der Waals surface area contributed by atoms with E-state index in [1.165, 1.54) is 10.4 Å². The zero-order valence-electron chi connectivity index (χ0n) is 19.7. The van der Waals surface area contributed by atoms with Gasteiger partial charge in [-0.1, -0.05) is 80.1 Å². The van der Waals surface area contributed by atoms with Crippen molar-refractivity contribution >= 4 is 44.5 Å². The summed E-state index contributed by atoms with van der Waals surface area (Å²) in [6.07, 6.45) is 2.89. The molecule has 0 aliphatic carbocycles. The number of nitrogens with zero attached hydrogens (tertiary/aromatic N) is 1. The van der Waals surface area contributed by atoms with E-state index in [0.29, 0.717) is 45.9 Å². The van der Waals surface area contributed by atoms with Gasteiger partial charge < -0.3 is 5.32 Å². The van der Waals surface area contributed by atoms with E-state index < -0.39 is 15.9 Å². The molecule has 0 unspecified atom stereocenters. The standard InChI is InChI=1S/C28H27ClN2O3S/c1-4-17-31-24-16-15-22(29)18-23(24)25(21-11-8-7-9-12-21)27(35(31,33)34)28(32)30-26-19(5-2)13-10-14-20(26)6-3/h4,7-16,18H,1,5-6,17H2,2-3H3,(H,30,32). The van der Waals surface area contributed by atoms with Gasteiger partial charge in [0.15, 0.2) is 4.91 Å². The van der Waals surface area contributed by atoms with Gasteiger partial charge >= 0.3 is 0 Å². The Morgan fingerprint density at radius 2 is 1.66 bits per heavy atom. The molecule has 0 spiro atoms. The molecule has 0 bridgehead atoms. The van der Waals surface area contributed by atoms with Crippen LogP contribution in [0.1, 0.15) is 36.1 Å². The van der Waals surface area contributed by atoms with Crippen LogP contribution in [0.15, 0.2) is 84.3 Å². The van der Waals surface area contributed by atoms with Crippen molar-refractivity contribution in [1.82, 2.24) is 0 Å². The van der Waals surface area contributed by atoms with Gasteiger partial charge in [0.25, 0.3) is 15.9 Å². The second-order valence-corrected chi connectivity index (χ2v) is 10.4. The molecule has 35 heavy (non-hydrogen) atoms. The lowest BCUT2D eigenvalue weighted by Gasteiger charge is -2.33. The van der Waals surface area contributed by atoms with Crippen molar-refractivity contribution in [3.63, 3.8) is 0 Å². The fourth-order valence-corrected chi connectivity index (χ4v) is 6.31. The van der Waals surface area contributed by atoms with Gasteiger partial charge in [-0.15, -0.1) is 6.58 Å². The quantitative estimate of drug-likeness (QED) is 0.388. The summed E-state index contributed by atoms with van der Waals surface area (Å²) in [4.78, 5) is 13.6. The summed E-state index contributed by atoms with van der Waals surface area (Å²) >= 11 is 6.35. The number of anilines is 2. The van der Waals surface area contributed by atoms with Gasteiger partial charge in [-0.2, -0.15) is 0 Å². The number of hydrogen-bond donors (Lipinski definition) is 1. The predicted octanol–water partition coefficient (Wildman–Crippen LogP) is 6.20. The van der Waals surface area contributed by atoms with Crippen molar-refractivity contribution in [2.75, 3.05) is 16.2 Å². The molecule has 3 aromatic rings. The highest BCUT2D eigenvalue weighted by atomic mass is 35.5. The smallest absolute Gasteiger partial charge is 0.270 e. The summed E-state index contributed by atoms with van der Waals surface area (Å²) in [6.45, 7) is 7.74. The molecule has 0 fully saturated rings. The van der Waals surface area contributed by atoms with Crippen LogP contribution in [0.3, 0.4) is 0 Å². The molecule has 7 heteroatoms. The molecule has 1 N–H and O–H groups in total. The Morgan fingerprint density at radius 3 is 2.26 bits per heavy atom. The maximum absolute atomic E-state index is 14.0. The Kier molecular flexibility index (Phi) is 7.15. The van der Waals surface area contributed by atoms with Crippen LogP contribution < -0.4 is 9.62 Å². The average Bonchev–Trinajstić information content (AvgIpc) is 2.85. The largest absolute Gasteiger partial charge is 0.321 e. The minimum atomic E-state index is -4.22. The zero-order valence-corrected chi connectivity index (χ0v) is 21.3. The molecule has 0 radical (unpaired) electrons. The van der Waals surface area contributed by atoms with Crippen LogP contribution >= 0.6 is 11.6 Å². The van der Waals surface area contributed by atoms with Crippen LogP contribution in [-0.4, -0.2) is 20.9 Å². The Bertz CT molecular complexity index is 1410. The van der Waals surface area contributed by atoms with Crippen molar-refractivity contribution in [3.8, 4) is 0 Å². The molecular formula is C28H27ClN2O3S. The molecule has 1 amide bonds. The lowest BCUT2D eigenvalue weighted by atomic mass is 9.95. The van der Waals surface area contributed by atoms with Gasteiger partial charge in [-0.3, -0.25) is 9.10 Å². The highest BCUT2D eigenvalue weighted by Gasteiger charge is 2.41. The van der Waals surface area contributed by atoms with Crippen LogP contribution in [0.2, 0.25) is 5.02 Å². The number of aryl methyl sites for hydroxylation is 2. The maximum atomic E-state index is 14.0. The number of carbonyl (C=O) groups is 1. The van der Waals surface area contributed by atoms with Gasteiger partial charge in [0.1, 0.15) is 0 Å². The number of para-hydroxylation sites is 1. The molecular weight excluding hydrogens is 480 g/mol. The normalized spacial score (nSPS) is 14.4. The first-order chi connectivity index (χ1) is 16.8. The average molecular weight is 507 g/mol. The molecule has 180 valence electrons. The molecule has 1 aliphatic heterocycles. The summed E-state index contributed by atoms with van der Waals surface area (Å²) < 4.78 is 29.2. The first-order valence-electron chi connectivity index (χ1n) is 11.5. The van der Waals surface area contributed by atoms with Crippen molar-refractivity contribution in [1.29, 1.82) is 0 Å². The van der Waals surface area contributed by atoms with Crippen molar-refractivity contribution in [3.05, 3.63) is 112 Å². The number of amides is 1. The molecule has 4 rings (SSSR count). The number of halogens is 1. The number of hydrogen-bond acceptors (Lipinski definition) is 3. The fourth-order valence-electron chi connectivity index (χ4n) is 4.43. The van der Waals surface area contributed by atoms with Crippen LogP contribution in [0, 0.1) is 0 Å². The van der Waals surface area contributed by atoms with Crippen molar-refractivity contribution < 1.29 is 13.2 Å². The highest BCUT2D eigenvalue weighted by Crippen LogP contribution is 2.44. The lowest BCUT2D eigenvalue weighted by molar-refractivity contribution is -0.112. The molecule has 3 aromatic carbocycles. The van der Waals surface area contributed by atoms with Gasteiger partial charge in [0.05, 0.1) is 12.2 Å². The summed E-state index contributed by atoms with van der Waals surface area (Å²) in [7, 11) is -4.22. The molecule has 1 heterocycles. The second-order valence-electron chi connectivity index (χ2n) is 8.17. The Labute approximate surface area is 211 Å². The van der Waals surface area contributed by atoms with Crippen LogP contribution in [0.25, 0.3) is 5.57 Å². The van der Waals surface area contributed by atoms with Gasteiger partial charge in [0.2, 0.25) is 0 Å². The van der Waals surface area contributed by atoms with Crippen molar-refractivity contribution in [2.45, 2.75) is 26.7 Å². The molecule has 1 aliphatic rings. The molecule has 5 nitrogen and oxygen atoms in total. The molecule has 0 aromatic heterocycles. The summed E-state index contributed by atoms with van der Waals surface area (Å²) in [5.41, 5.74) is 4.51. The number of sulfonamides is 1. The second kappa shape index (κ2) is 10.1. The lowest BCUT2D eigenvalue weighted by Crippen LogP contribution is -2.40. The van der Waals surface area contributed by atoms with E-state index >= 15 is 0 Å². The number of benzene rings is 3. The van der Waals surface area contributed by atoms with E-state index in [4.69, 9.17) is 11.6 Å². The summed E-state index contributed by atoms with van der Waals surface area (Å²) in [5, 5.41) is 3.40. The number of fused-ring (bicyclic) bond motifs is 1. The summed E-state index contributed by atoms with van der Waals surface area (Å²) in [6, 6.07) is 19.9. The van der Waals surface area contributed by atoms with E-state index in [1.54, 1.807) is 30.3 Å². The van der Waals surface area contributed by atoms with Crippen LogP contribution in [0.5, 0.6) is 0 Å². The van der Waals surface area contributed by atoms with E-state index in [1.807, 2.05) is 50.2 Å². The monoisotopic (exact) mass is 506 g/mol. The van der Waals surface area contributed by atoms with Gasteiger partial charge in [-0.25, -0.2) is 8.42 Å². The topological polar surface area (TPSA) is 66.5 Å². The number of nitrogens with one attached hydrogen (secondary N) is 1. The van der Waals surface area contributed by atoms with E-state index in [9.17, 15) is 13.2 Å². The van der Waals surface area contributed by atoms with Gasteiger partial charge in [0, 0.05) is 21.8 Å². The predicted molar refractivity (Wildman–Crippen MR) is 144 cm³/mol. The fraction of sp³-hybridized carbons (Fsp3) is 0.179. The van der Waals surface area contributed by atoms with E-state index in [2.05, 4.69) is 11.9 Å². The Balaban J connectivity index is 2.02. The van der Waals surface area contributed by atoms with Gasteiger partial charge in [-0.05, 0) is 47.7 Å². The summed E-state index contributed by atoms with van der Waals surface area (Å²) in [5.74, 6) is -0.681. The number of rotatable bonds is 7. The molecule has 0 atom stereocenters. The zero-order chi connectivity index (χ0) is 25.2. The highest BCUT2D eigenvalue weighted by molar-refractivity contribution is 7.97. The first-order valence-corrected chi connectivity index (χ1v) is 13.3.